The molecule has 0 saturated carbocycles. The highest BCUT2D eigenvalue weighted by atomic mass is 16.5. The van der Waals surface area contributed by atoms with Crippen molar-refractivity contribution >= 4 is 39.6 Å². The molecule has 0 aliphatic heterocycles. The summed E-state index contributed by atoms with van der Waals surface area (Å²) in [6.07, 6.45) is 2.07. The maximum absolute atomic E-state index is 12.3. The average molecular weight is 377 g/mol. The molecule has 0 aliphatic rings. The summed E-state index contributed by atoms with van der Waals surface area (Å²) in [6, 6.07) is 9.71. The topological polar surface area (TPSA) is 130 Å². The van der Waals surface area contributed by atoms with Crippen LogP contribution in [-0.2, 0) is 9.53 Å². The second kappa shape index (κ2) is 6.95. The van der Waals surface area contributed by atoms with Crippen LogP contribution in [0.15, 0.2) is 53.6 Å². The molecule has 0 aliphatic carbocycles. The van der Waals surface area contributed by atoms with Gasteiger partial charge in [0.25, 0.3) is 5.91 Å². The smallest absolute Gasteiger partial charge is 0.338 e. The van der Waals surface area contributed by atoms with Crippen LogP contribution in [-0.4, -0.2) is 37.9 Å². The molecule has 140 valence electrons. The number of anilines is 1. The van der Waals surface area contributed by atoms with E-state index in [0.717, 1.165) is 0 Å². The Hall–Kier alpha value is -4.01. The average Bonchev–Trinajstić information content (AvgIpc) is 3.06. The first kappa shape index (κ1) is 17.4. The van der Waals surface area contributed by atoms with Crippen LogP contribution in [0.1, 0.15) is 17.3 Å². The summed E-state index contributed by atoms with van der Waals surface area (Å²) in [4.78, 5) is 49.5. The van der Waals surface area contributed by atoms with Gasteiger partial charge >= 0.3 is 11.7 Å². The lowest BCUT2D eigenvalue weighted by molar-refractivity contribution is -0.123. The highest BCUT2D eigenvalue weighted by Gasteiger charge is 2.19. The number of aromatic amines is 2. The first-order valence-electron chi connectivity index (χ1n) is 8.44. The Morgan fingerprint density at radius 2 is 1.75 bits per heavy atom. The lowest BCUT2D eigenvalue weighted by Gasteiger charge is -2.13. The minimum absolute atomic E-state index is 0.277. The number of hydrogen-bond acceptors (Lipinski definition) is 6. The summed E-state index contributed by atoms with van der Waals surface area (Å²) in [5.74, 6) is -1.13. The van der Waals surface area contributed by atoms with Gasteiger partial charge in [0.05, 0.1) is 27.6 Å². The number of esters is 1. The summed E-state index contributed by atoms with van der Waals surface area (Å²) in [7, 11) is 0. The zero-order valence-corrected chi connectivity index (χ0v) is 14.7. The van der Waals surface area contributed by atoms with Crippen molar-refractivity contribution in [2.75, 3.05) is 5.32 Å². The molecule has 28 heavy (non-hydrogen) atoms. The van der Waals surface area contributed by atoms with Crippen molar-refractivity contribution in [3.8, 4) is 0 Å². The monoisotopic (exact) mass is 377 g/mol. The molecule has 0 bridgehead atoms. The Labute approximate surface area is 157 Å². The molecule has 0 fully saturated rings. The number of carbonyl (C=O) groups is 2. The SMILES string of the molecule is C[C@@H](OC(=O)c1ccc2nccnc2c1)C(=O)Nc1ccc2[nH]c(=O)[nH]c2c1. The van der Waals surface area contributed by atoms with Crippen LogP contribution in [0.2, 0.25) is 0 Å². The number of rotatable bonds is 4. The number of imidazole rings is 1. The predicted molar refractivity (Wildman–Crippen MR) is 102 cm³/mol. The van der Waals surface area contributed by atoms with E-state index in [1.165, 1.54) is 13.1 Å². The summed E-state index contributed by atoms with van der Waals surface area (Å²) < 4.78 is 5.25. The van der Waals surface area contributed by atoms with Crippen LogP contribution in [0.4, 0.5) is 5.69 Å². The highest BCUT2D eigenvalue weighted by molar-refractivity contribution is 5.99. The Kier molecular flexibility index (Phi) is 4.32. The standard InChI is InChI=1S/C19H15N5O4/c1-10(17(25)22-12-3-5-14-16(9-12)24-19(27)23-14)28-18(26)11-2-4-13-15(8-11)21-7-6-20-13/h2-10H,1H3,(H,22,25)(H2,23,24,27)/t10-/m1/s1. The van der Waals surface area contributed by atoms with Gasteiger partial charge in [-0.1, -0.05) is 0 Å². The third kappa shape index (κ3) is 3.45. The molecule has 9 nitrogen and oxygen atoms in total. The number of fused-ring (bicyclic) bond motifs is 2. The number of nitrogens with zero attached hydrogens (tertiary/aromatic N) is 2. The van der Waals surface area contributed by atoms with Crippen molar-refractivity contribution in [3.63, 3.8) is 0 Å². The molecule has 3 N–H and O–H groups in total. The first-order chi connectivity index (χ1) is 13.5. The molecule has 4 rings (SSSR count). The minimum atomic E-state index is -1.02. The van der Waals surface area contributed by atoms with E-state index in [-0.39, 0.29) is 11.3 Å². The van der Waals surface area contributed by atoms with Gasteiger partial charge in [0, 0.05) is 18.1 Å². The Morgan fingerprint density at radius 1 is 1.00 bits per heavy atom. The van der Waals surface area contributed by atoms with Gasteiger partial charge in [-0.2, -0.15) is 0 Å². The highest BCUT2D eigenvalue weighted by Crippen LogP contribution is 2.16. The van der Waals surface area contributed by atoms with E-state index < -0.39 is 18.0 Å². The van der Waals surface area contributed by atoms with Gasteiger partial charge < -0.3 is 20.0 Å². The van der Waals surface area contributed by atoms with Gasteiger partial charge in [0.1, 0.15) is 0 Å². The first-order valence-corrected chi connectivity index (χ1v) is 8.44. The Morgan fingerprint density at radius 3 is 2.57 bits per heavy atom. The number of hydrogen-bond donors (Lipinski definition) is 3. The van der Waals surface area contributed by atoms with Gasteiger partial charge in [0.15, 0.2) is 6.10 Å². The quantitative estimate of drug-likeness (QED) is 0.466. The Bertz CT molecular complexity index is 1260. The molecule has 0 radical (unpaired) electrons. The zero-order chi connectivity index (χ0) is 19.7. The molecule has 2 heterocycles. The van der Waals surface area contributed by atoms with Crippen molar-refractivity contribution in [1.29, 1.82) is 0 Å². The van der Waals surface area contributed by atoms with Gasteiger partial charge in [-0.3, -0.25) is 14.8 Å². The van der Waals surface area contributed by atoms with Crippen LogP contribution in [0.3, 0.4) is 0 Å². The fraction of sp³-hybridized carbons (Fsp3) is 0.105. The van der Waals surface area contributed by atoms with Gasteiger partial charge in [-0.25, -0.2) is 9.59 Å². The molecule has 0 saturated heterocycles. The fourth-order valence-corrected chi connectivity index (χ4v) is 2.73. The number of benzene rings is 2. The van der Waals surface area contributed by atoms with E-state index in [9.17, 15) is 14.4 Å². The molecule has 9 heteroatoms. The zero-order valence-electron chi connectivity index (χ0n) is 14.7. The van der Waals surface area contributed by atoms with Crippen molar-refractivity contribution in [2.24, 2.45) is 0 Å². The normalized spacial score (nSPS) is 12.0. The van der Waals surface area contributed by atoms with Gasteiger partial charge in [0.2, 0.25) is 0 Å². The van der Waals surface area contributed by atoms with Crippen molar-refractivity contribution in [1.82, 2.24) is 19.9 Å². The number of nitrogens with one attached hydrogen (secondary N) is 3. The summed E-state index contributed by atoms with van der Waals surface area (Å²) in [5, 5.41) is 2.66. The molecule has 0 spiro atoms. The summed E-state index contributed by atoms with van der Waals surface area (Å²) in [6.45, 7) is 1.48. The number of H-pyrrole nitrogens is 2. The summed E-state index contributed by atoms with van der Waals surface area (Å²) >= 11 is 0. The van der Waals surface area contributed by atoms with Crippen LogP contribution in [0.25, 0.3) is 22.1 Å². The Balaban J connectivity index is 1.45. The van der Waals surface area contributed by atoms with E-state index in [2.05, 4.69) is 25.3 Å². The van der Waals surface area contributed by atoms with Crippen LogP contribution >= 0.6 is 0 Å². The summed E-state index contributed by atoms with van der Waals surface area (Å²) in [5.41, 5.74) is 2.81. The molecular formula is C19H15N5O4. The number of carbonyl (C=O) groups excluding carboxylic acids is 2. The molecular weight excluding hydrogens is 362 g/mol. The van der Waals surface area contributed by atoms with Crippen LogP contribution in [0.5, 0.6) is 0 Å². The molecule has 1 amide bonds. The minimum Gasteiger partial charge on any atom is -0.449 e. The van der Waals surface area contributed by atoms with E-state index in [0.29, 0.717) is 27.8 Å². The lowest BCUT2D eigenvalue weighted by Crippen LogP contribution is -2.30. The predicted octanol–water partition coefficient (Wildman–Crippen LogP) is 1.98. The van der Waals surface area contributed by atoms with E-state index in [1.807, 2.05) is 0 Å². The number of ether oxygens (including phenoxy) is 1. The van der Waals surface area contributed by atoms with Gasteiger partial charge in [-0.15, -0.1) is 0 Å². The van der Waals surface area contributed by atoms with Crippen molar-refractivity contribution in [2.45, 2.75) is 13.0 Å². The molecule has 2 aromatic heterocycles. The third-order valence-corrected chi connectivity index (χ3v) is 4.14. The molecule has 0 unspecified atom stereocenters. The van der Waals surface area contributed by atoms with Crippen molar-refractivity contribution < 1.29 is 14.3 Å². The molecule has 1 atom stereocenters. The maximum Gasteiger partial charge on any atom is 0.338 e. The van der Waals surface area contributed by atoms with E-state index >= 15 is 0 Å². The fourth-order valence-electron chi connectivity index (χ4n) is 2.73. The second-order valence-corrected chi connectivity index (χ2v) is 6.14. The number of amides is 1. The van der Waals surface area contributed by atoms with Crippen molar-refractivity contribution in [3.05, 3.63) is 64.8 Å². The number of aromatic nitrogens is 4. The van der Waals surface area contributed by atoms with Gasteiger partial charge in [-0.05, 0) is 43.3 Å². The van der Waals surface area contributed by atoms with Crippen LogP contribution < -0.4 is 11.0 Å². The molecule has 2 aromatic carbocycles. The largest absolute Gasteiger partial charge is 0.449 e. The third-order valence-electron chi connectivity index (χ3n) is 4.14. The van der Waals surface area contributed by atoms with Crippen LogP contribution in [0, 0.1) is 0 Å². The molecule has 4 aromatic rings. The second-order valence-electron chi connectivity index (χ2n) is 6.14. The maximum atomic E-state index is 12.3. The van der Waals surface area contributed by atoms with E-state index in [1.54, 1.807) is 42.6 Å². The van der Waals surface area contributed by atoms with E-state index in [4.69, 9.17) is 4.74 Å². The lowest BCUT2D eigenvalue weighted by atomic mass is 10.2.